The molecule has 0 saturated carbocycles. The predicted octanol–water partition coefficient (Wildman–Crippen LogP) is 1.48. The Kier molecular flexibility index (Phi) is 7.88. The van der Waals surface area contributed by atoms with E-state index in [-0.39, 0.29) is 11.9 Å². The van der Waals surface area contributed by atoms with Crippen LogP contribution in [-0.2, 0) is 4.79 Å². The fraction of sp³-hybridized carbons (Fsp3) is 0.909. The maximum Gasteiger partial charge on any atom is 0.236 e. The van der Waals surface area contributed by atoms with Crippen molar-refractivity contribution in [2.24, 2.45) is 17.6 Å². The highest BCUT2D eigenvalue weighted by molar-refractivity contribution is 7.98. The number of thioether (sulfide) groups is 1. The van der Waals surface area contributed by atoms with E-state index in [0.29, 0.717) is 11.8 Å². The average Bonchev–Trinajstić information content (AvgIpc) is 2.13. The number of rotatable bonds is 7. The van der Waals surface area contributed by atoms with Gasteiger partial charge in [-0.2, -0.15) is 11.8 Å². The van der Waals surface area contributed by atoms with Gasteiger partial charge in [0.1, 0.15) is 0 Å². The van der Waals surface area contributed by atoms with Gasteiger partial charge in [0.15, 0.2) is 0 Å². The van der Waals surface area contributed by atoms with Crippen molar-refractivity contribution in [1.82, 2.24) is 5.32 Å². The minimum absolute atomic E-state index is 0.0170. The van der Waals surface area contributed by atoms with Gasteiger partial charge in [-0.05, 0) is 30.3 Å². The maximum atomic E-state index is 11.5. The number of carbonyl (C=O) groups excluding carboxylic acids is 1. The highest BCUT2D eigenvalue weighted by Gasteiger charge is 2.15. The third-order valence-corrected chi connectivity index (χ3v) is 3.04. The lowest BCUT2D eigenvalue weighted by molar-refractivity contribution is -0.122. The molecule has 90 valence electrons. The number of nitrogens with one attached hydrogen (secondary N) is 1. The quantitative estimate of drug-likeness (QED) is 0.699. The summed E-state index contributed by atoms with van der Waals surface area (Å²) in [5, 5.41) is 2.90. The fourth-order valence-corrected chi connectivity index (χ4v) is 2.05. The molecule has 0 aromatic rings. The van der Waals surface area contributed by atoms with Crippen LogP contribution < -0.4 is 11.1 Å². The molecule has 2 atom stereocenters. The van der Waals surface area contributed by atoms with Gasteiger partial charge < -0.3 is 11.1 Å². The zero-order valence-corrected chi connectivity index (χ0v) is 11.1. The van der Waals surface area contributed by atoms with Crippen molar-refractivity contribution in [2.45, 2.75) is 33.2 Å². The Morgan fingerprint density at radius 2 is 2.00 bits per heavy atom. The van der Waals surface area contributed by atoms with E-state index in [4.69, 9.17) is 5.73 Å². The lowest BCUT2D eigenvalue weighted by Gasteiger charge is -2.16. The molecule has 15 heavy (non-hydrogen) atoms. The third kappa shape index (κ3) is 7.68. The first-order valence-corrected chi connectivity index (χ1v) is 6.89. The van der Waals surface area contributed by atoms with Crippen molar-refractivity contribution < 1.29 is 4.79 Å². The summed E-state index contributed by atoms with van der Waals surface area (Å²) in [5.74, 6) is 2.03. The van der Waals surface area contributed by atoms with Crippen molar-refractivity contribution in [3.63, 3.8) is 0 Å². The molecule has 0 saturated heterocycles. The second-order valence-corrected chi connectivity index (χ2v) is 5.45. The third-order valence-electron chi connectivity index (χ3n) is 2.14. The second-order valence-electron chi connectivity index (χ2n) is 4.54. The molecule has 3 N–H and O–H groups in total. The topological polar surface area (TPSA) is 55.1 Å². The molecule has 0 heterocycles. The molecule has 0 aromatic carbocycles. The molecular formula is C11H24N2OS. The SMILES string of the molecule is CSCC(C)CNC(=O)C(N)CC(C)C. The summed E-state index contributed by atoms with van der Waals surface area (Å²) in [6.07, 6.45) is 2.82. The van der Waals surface area contributed by atoms with Gasteiger partial charge in [0.05, 0.1) is 6.04 Å². The number of nitrogens with two attached hydrogens (primary N) is 1. The van der Waals surface area contributed by atoms with Gasteiger partial charge in [0.2, 0.25) is 5.91 Å². The number of hydrogen-bond donors (Lipinski definition) is 2. The normalized spacial score (nSPS) is 15.1. The smallest absolute Gasteiger partial charge is 0.236 e. The summed E-state index contributed by atoms with van der Waals surface area (Å²) < 4.78 is 0. The fourth-order valence-electron chi connectivity index (χ4n) is 1.36. The van der Waals surface area contributed by atoms with Crippen LogP contribution in [0.3, 0.4) is 0 Å². The highest BCUT2D eigenvalue weighted by atomic mass is 32.2. The highest BCUT2D eigenvalue weighted by Crippen LogP contribution is 2.04. The van der Waals surface area contributed by atoms with Crippen LogP contribution in [0.2, 0.25) is 0 Å². The zero-order valence-electron chi connectivity index (χ0n) is 10.2. The summed E-state index contributed by atoms with van der Waals surface area (Å²) >= 11 is 1.80. The predicted molar refractivity (Wildman–Crippen MR) is 68.0 cm³/mol. The Morgan fingerprint density at radius 3 is 2.47 bits per heavy atom. The van der Waals surface area contributed by atoms with E-state index in [1.54, 1.807) is 11.8 Å². The first-order chi connectivity index (χ1) is 6.97. The first kappa shape index (κ1) is 14.8. The van der Waals surface area contributed by atoms with Crippen LogP contribution in [0.1, 0.15) is 27.2 Å². The van der Waals surface area contributed by atoms with E-state index in [0.717, 1.165) is 18.7 Å². The average molecular weight is 232 g/mol. The maximum absolute atomic E-state index is 11.5. The van der Waals surface area contributed by atoms with Crippen LogP contribution in [0.15, 0.2) is 0 Å². The van der Waals surface area contributed by atoms with Gasteiger partial charge in [-0.15, -0.1) is 0 Å². The van der Waals surface area contributed by atoms with Crippen LogP contribution in [0, 0.1) is 11.8 Å². The molecule has 0 aromatic heterocycles. The molecular weight excluding hydrogens is 208 g/mol. The Balaban J connectivity index is 3.72. The lowest BCUT2D eigenvalue weighted by atomic mass is 10.0. The van der Waals surface area contributed by atoms with E-state index < -0.39 is 0 Å². The second kappa shape index (κ2) is 7.99. The van der Waals surface area contributed by atoms with E-state index in [9.17, 15) is 4.79 Å². The zero-order chi connectivity index (χ0) is 11.8. The van der Waals surface area contributed by atoms with Crippen LogP contribution >= 0.6 is 11.8 Å². The van der Waals surface area contributed by atoms with Crippen LogP contribution in [0.4, 0.5) is 0 Å². The lowest BCUT2D eigenvalue weighted by Crippen LogP contribution is -2.43. The Hall–Kier alpha value is -0.220. The van der Waals surface area contributed by atoms with Gasteiger partial charge in [-0.3, -0.25) is 4.79 Å². The van der Waals surface area contributed by atoms with Crippen molar-refractivity contribution in [2.75, 3.05) is 18.6 Å². The summed E-state index contributed by atoms with van der Waals surface area (Å²) in [5.41, 5.74) is 5.76. The number of amides is 1. The van der Waals surface area contributed by atoms with E-state index in [1.807, 2.05) is 0 Å². The van der Waals surface area contributed by atoms with Gasteiger partial charge in [0, 0.05) is 6.54 Å². The molecule has 2 unspecified atom stereocenters. The molecule has 1 amide bonds. The number of carbonyl (C=O) groups is 1. The van der Waals surface area contributed by atoms with Crippen molar-refractivity contribution in [3.05, 3.63) is 0 Å². The van der Waals surface area contributed by atoms with E-state index in [1.165, 1.54) is 0 Å². The van der Waals surface area contributed by atoms with Crippen molar-refractivity contribution in [3.8, 4) is 0 Å². The van der Waals surface area contributed by atoms with E-state index >= 15 is 0 Å². The molecule has 0 rings (SSSR count). The van der Waals surface area contributed by atoms with Gasteiger partial charge in [-0.25, -0.2) is 0 Å². The Bertz CT molecular complexity index is 185. The molecule has 0 radical (unpaired) electrons. The monoisotopic (exact) mass is 232 g/mol. The largest absolute Gasteiger partial charge is 0.354 e. The Morgan fingerprint density at radius 1 is 1.40 bits per heavy atom. The molecule has 0 aliphatic heterocycles. The standard InChI is InChI=1S/C11H24N2OS/c1-8(2)5-10(12)11(14)13-6-9(3)7-15-4/h8-10H,5-7,12H2,1-4H3,(H,13,14). The van der Waals surface area contributed by atoms with Gasteiger partial charge in [-0.1, -0.05) is 20.8 Å². The van der Waals surface area contributed by atoms with Gasteiger partial charge >= 0.3 is 0 Å². The summed E-state index contributed by atoms with van der Waals surface area (Å²) in [6.45, 7) is 7.00. The minimum Gasteiger partial charge on any atom is -0.354 e. The van der Waals surface area contributed by atoms with Crippen LogP contribution in [-0.4, -0.2) is 30.5 Å². The van der Waals surface area contributed by atoms with Gasteiger partial charge in [0.25, 0.3) is 0 Å². The van der Waals surface area contributed by atoms with Crippen LogP contribution in [0.5, 0.6) is 0 Å². The Labute approximate surface area is 97.6 Å². The summed E-state index contributed by atoms with van der Waals surface area (Å²) in [7, 11) is 0. The molecule has 4 heteroatoms. The summed E-state index contributed by atoms with van der Waals surface area (Å²) in [6, 6.07) is -0.355. The molecule has 0 aliphatic carbocycles. The molecule has 0 spiro atoms. The number of hydrogen-bond acceptors (Lipinski definition) is 3. The molecule has 0 aliphatic rings. The summed E-state index contributed by atoms with van der Waals surface area (Å²) in [4.78, 5) is 11.5. The molecule has 3 nitrogen and oxygen atoms in total. The molecule has 0 fully saturated rings. The van der Waals surface area contributed by atoms with Crippen molar-refractivity contribution in [1.29, 1.82) is 0 Å². The van der Waals surface area contributed by atoms with E-state index in [2.05, 4.69) is 32.3 Å². The first-order valence-electron chi connectivity index (χ1n) is 5.49. The van der Waals surface area contributed by atoms with Crippen molar-refractivity contribution >= 4 is 17.7 Å². The minimum atomic E-state index is -0.355. The molecule has 0 bridgehead atoms. The van der Waals surface area contributed by atoms with Crippen LogP contribution in [0.25, 0.3) is 0 Å².